The average molecular weight is 1420 g/mol. The summed E-state index contributed by atoms with van der Waals surface area (Å²) in [6.07, 6.45) is 60.9. The highest BCUT2D eigenvalue weighted by Crippen LogP contribution is 2.45. The summed E-state index contributed by atoms with van der Waals surface area (Å²) >= 11 is 0. The van der Waals surface area contributed by atoms with Crippen LogP contribution in [0.15, 0.2) is 0 Å². The third-order valence-electron chi connectivity index (χ3n) is 18.3. The zero-order valence-electron chi connectivity index (χ0n) is 63.2. The number of rotatable bonds is 78. The molecular weight excluding hydrogens is 1270 g/mol. The molecule has 0 aliphatic carbocycles. The molecule has 0 bridgehead atoms. The molecule has 0 aromatic heterocycles. The number of hydrogen-bond acceptors (Lipinski definition) is 15. The Labute approximate surface area is 594 Å². The molecule has 0 aromatic rings. The third kappa shape index (κ3) is 72.2. The largest absolute Gasteiger partial charge is 0.472 e. The van der Waals surface area contributed by atoms with Crippen molar-refractivity contribution in [1.82, 2.24) is 0 Å². The molecule has 97 heavy (non-hydrogen) atoms. The number of carbonyl (C=O) groups excluding carboxylic acids is 4. The first-order valence-corrected chi connectivity index (χ1v) is 43.6. The Balaban J connectivity index is 5.24. The van der Waals surface area contributed by atoms with Gasteiger partial charge in [-0.2, -0.15) is 0 Å². The second-order valence-electron chi connectivity index (χ2n) is 28.6. The number of carbonyl (C=O) groups is 4. The van der Waals surface area contributed by atoms with E-state index in [0.717, 1.165) is 95.8 Å². The number of phosphoric acid groups is 2. The Hall–Kier alpha value is -1.94. The minimum atomic E-state index is -4.96. The molecule has 0 aliphatic heterocycles. The molecule has 17 nitrogen and oxygen atoms in total. The Morgan fingerprint density at radius 1 is 0.278 bits per heavy atom. The first-order valence-electron chi connectivity index (χ1n) is 40.6. The van der Waals surface area contributed by atoms with Crippen LogP contribution in [0, 0.1) is 5.92 Å². The first-order chi connectivity index (χ1) is 47.0. The van der Waals surface area contributed by atoms with Gasteiger partial charge in [0, 0.05) is 25.7 Å². The standard InChI is InChI=1S/C78H152O17P2/c1-6-9-12-15-18-21-24-26-29-34-37-42-47-52-57-62-76(81)89-68-74(95-78(83)64-59-54-49-44-39-35-31-28-30-32-36-40-45-50-55-60-71(4)5)70-93-97(86,87)91-66-72(79)65-90-96(84,85)92-69-73(67-88-75(80)61-56-51-46-41-23-20-17-14-11-8-3)94-77(82)63-58-53-48-43-38-33-27-25-22-19-16-13-10-7-2/h71-74,79H,6-70H2,1-5H3,(H,84,85)(H,86,87)/t72-,73+,74+/m0/s1. The van der Waals surface area contributed by atoms with Gasteiger partial charge in [0.05, 0.1) is 26.4 Å². The summed E-state index contributed by atoms with van der Waals surface area (Å²) in [6, 6.07) is 0. The van der Waals surface area contributed by atoms with Crippen LogP contribution in [0.1, 0.15) is 413 Å². The topological polar surface area (TPSA) is 237 Å². The molecule has 0 rings (SSSR count). The van der Waals surface area contributed by atoms with E-state index in [1.807, 2.05) is 0 Å². The fraction of sp³-hybridized carbons (Fsp3) is 0.949. The second-order valence-corrected chi connectivity index (χ2v) is 31.5. The van der Waals surface area contributed by atoms with E-state index in [2.05, 4.69) is 34.6 Å². The maximum Gasteiger partial charge on any atom is 0.472 e. The number of hydrogen-bond donors (Lipinski definition) is 3. The molecule has 0 aromatic carbocycles. The van der Waals surface area contributed by atoms with Gasteiger partial charge in [-0.25, -0.2) is 9.13 Å². The van der Waals surface area contributed by atoms with E-state index in [9.17, 15) is 43.2 Å². The van der Waals surface area contributed by atoms with Crippen molar-refractivity contribution in [3.8, 4) is 0 Å². The molecule has 0 radical (unpaired) electrons. The van der Waals surface area contributed by atoms with Crippen molar-refractivity contribution in [2.24, 2.45) is 5.92 Å². The van der Waals surface area contributed by atoms with Crippen molar-refractivity contribution in [1.29, 1.82) is 0 Å². The molecule has 2 unspecified atom stereocenters. The van der Waals surface area contributed by atoms with Crippen molar-refractivity contribution in [3.05, 3.63) is 0 Å². The summed E-state index contributed by atoms with van der Waals surface area (Å²) in [5, 5.41) is 10.6. The molecule has 0 saturated heterocycles. The van der Waals surface area contributed by atoms with Crippen LogP contribution in [0.2, 0.25) is 0 Å². The molecular formula is C78H152O17P2. The minimum absolute atomic E-state index is 0.108. The molecule has 5 atom stereocenters. The fourth-order valence-electron chi connectivity index (χ4n) is 12.1. The highest BCUT2D eigenvalue weighted by Gasteiger charge is 2.30. The molecule has 0 saturated carbocycles. The first kappa shape index (κ1) is 95.1. The van der Waals surface area contributed by atoms with E-state index < -0.39 is 97.5 Å². The van der Waals surface area contributed by atoms with Crippen LogP contribution in [0.25, 0.3) is 0 Å². The highest BCUT2D eigenvalue weighted by molar-refractivity contribution is 7.47. The quantitative estimate of drug-likeness (QED) is 0.0222. The van der Waals surface area contributed by atoms with Gasteiger partial charge in [0.15, 0.2) is 12.2 Å². The van der Waals surface area contributed by atoms with E-state index in [1.54, 1.807) is 0 Å². The highest BCUT2D eigenvalue weighted by atomic mass is 31.2. The summed E-state index contributed by atoms with van der Waals surface area (Å²) in [7, 11) is -9.91. The molecule has 3 N–H and O–H groups in total. The van der Waals surface area contributed by atoms with Gasteiger partial charge in [0.2, 0.25) is 0 Å². The van der Waals surface area contributed by atoms with E-state index in [1.165, 1.54) is 238 Å². The van der Waals surface area contributed by atoms with Crippen LogP contribution in [0.5, 0.6) is 0 Å². The van der Waals surface area contributed by atoms with Gasteiger partial charge >= 0.3 is 39.5 Å². The average Bonchev–Trinajstić information content (AvgIpc) is 2.39. The van der Waals surface area contributed by atoms with Crippen molar-refractivity contribution < 1.29 is 80.2 Å². The predicted octanol–water partition coefficient (Wildman–Crippen LogP) is 23.3. The number of ether oxygens (including phenoxy) is 4. The molecule has 0 aliphatic rings. The van der Waals surface area contributed by atoms with Gasteiger partial charge in [0.25, 0.3) is 0 Å². The summed E-state index contributed by atoms with van der Waals surface area (Å²) in [4.78, 5) is 72.9. The summed E-state index contributed by atoms with van der Waals surface area (Å²) < 4.78 is 68.6. The minimum Gasteiger partial charge on any atom is -0.462 e. The van der Waals surface area contributed by atoms with Crippen LogP contribution in [0.3, 0.4) is 0 Å². The van der Waals surface area contributed by atoms with Crippen LogP contribution in [-0.2, 0) is 65.4 Å². The van der Waals surface area contributed by atoms with Gasteiger partial charge in [-0.3, -0.25) is 37.3 Å². The lowest BCUT2D eigenvalue weighted by molar-refractivity contribution is -0.161. The van der Waals surface area contributed by atoms with E-state index in [-0.39, 0.29) is 25.7 Å². The smallest absolute Gasteiger partial charge is 0.462 e. The lowest BCUT2D eigenvalue weighted by Gasteiger charge is -2.21. The van der Waals surface area contributed by atoms with Crippen LogP contribution in [-0.4, -0.2) is 96.7 Å². The van der Waals surface area contributed by atoms with Gasteiger partial charge in [-0.15, -0.1) is 0 Å². The van der Waals surface area contributed by atoms with Crippen LogP contribution < -0.4 is 0 Å². The summed E-state index contributed by atoms with van der Waals surface area (Å²) in [5.74, 6) is -1.31. The lowest BCUT2D eigenvalue weighted by atomic mass is 10.0. The Morgan fingerprint density at radius 2 is 0.474 bits per heavy atom. The van der Waals surface area contributed by atoms with Crippen molar-refractivity contribution >= 4 is 39.5 Å². The monoisotopic (exact) mass is 1420 g/mol. The Bertz CT molecular complexity index is 1860. The van der Waals surface area contributed by atoms with Gasteiger partial charge < -0.3 is 33.8 Å². The van der Waals surface area contributed by atoms with Gasteiger partial charge in [-0.05, 0) is 31.6 Å². The van der Waals surface area contributed by atoms with Crippen molar-refractivity contribution in [2.45, 2.75) is 432 Å². The molecule has 576 valence electrons. The number of unbranched alkanes of at least 4 members (excludes halogenated alkanes) is 50. The van der Waals surface area contributed by atoms with E-state index >= 15 is 0 Å². The molecule has 0 heterocycles. The van der Waals surface area contributed by atoms with Crippen LogP contribution >= 0.6 is 15.6 Å². The van der Waals surface area contributed by atoms with Crippen LogP contribution in [0.4, 0.5) is 0 Å². The zero-order valence-corrected chi connectivity index (χ0v) is 65.0. The molecule has 0 spiro atoms. The Morgan fingerprint density at radius 3 is 0.701 bits per heavy atom. The van der Waals surface area contributed by atoms with Crippen molar-refractivity contribution in [2.75, 3.05) is 39.6 Å². The normalized spacial score (nSPS) is 13.9. The number of aliphatic hydroxyl groups excluding tert-OH is 1. The number of aliphatic hydroxyl groups is 1. The number of esters is 4. The molecule has 0 amide bonds. The molecule has 0 fully saturated rings. The predicted molar refractivity (Wildman–Crippen MR) is 395 cm³/mol. The van der Waals surface area contributed by atoms with Crippen molar-refractivity contribution in [3.63, 3.8) is 0 Å². The zero-order chi connectivity index (χ0) is 71.2. The molecule has 19 heteroatoms. The summed E-state index contributed by atoms with van der Waals surface area (Å²) in [5.41, 5.74) is 0. The second kappa shape index (κ2) is 71.1. The van der Waals surface area contributed by atoms with Gasteiger partial charge in [-0.1, -0.05) is 362 Å². The number of phosphoric ester groups is 2. The SMILES string of the molecule is CCCCCCCCCCCCCCCCCC(=O)OC[C@H](COP(=O)(O)OC[C@@H](O)COP(=O)(O)OC[C@@H](COC(=O)CCCCCCCCCCCC)OC(=O)CCCCCCCCCCCCCCCC)OC(=O)CCCCCCCCCCCCCCCCCC(C)C. The summed E-state index contributed by atoms with van der Waals surface area (Å²) in [6.45, 7) is 7.34. The van der Waals surface area contributed by atoms with E-state index in [0.29, 0.717) is 25.7 Å². The third-order valence-corrected chi connectivity index (χ3v) is 20.2. The Kier molecular flexibility index (Phi) is 69.6. The van der Waals surface area contributed by atoms with E-state index in [4.69, 9.17) is 37.0 Å². The maximum absolute atomic E-state index is 13.1. The van der Waals surface area contributed by atoms with Gasteiger partial charge in [0.1, 0.15) is 19.3 Å². The fourth-order valence-corrected chi connectivity index (χ4v) is 13.6. The lowest BCUT2D eigenvalue weighted by Crippen LogP contribution is -2.30. The maximum atomic E-state index is 13.1.